The molecule has 0 saturated heterocycles. The predicted molar refractivity (Wildman–Crippen MR) is 119 cm³/mol. The van der Waals surface area contributed by atoms with E-state index in [9.17, 15) is 13.5 Å². The lowest BCUT2D eigenvalue weighted by molar-refractivity contribution is 0.0481. The van der Waals surface area contributed by atoms with Gasteiger partial charge in [0.15, 0.2) is 0 Å². The van der Waals surface area contributed by atoms with Crippen molar-refractivity contribution in [1.82, 2.24) is 4.72 Å². The van der Waals surface area contributed by atoms with E-state index in [0.717, 1.165) is 11.1 Å². The predicted octanol–water partition coefficient (Wildman–Crippen LogP) is 3.70. The summed E-state index contributed by atoms with van der Waals surface area (Å²) in [4.78, 5) is 0. The normalized spacial score (nSPS) is 13.7. The van der Waals surface area contributed by atoms with Gasteiger partial charge in [-0.3, -0.25) is 0 Å². The first-order chi connectivity index (χ1) is 14.3. The summed E-state index contributed by atoms with van der Waals surface area (Å²) >= 11 is 0. The maximum absolute atomic E-state index is 12.7. The molecular weight excluding hydrogens is 398 g/mol. The molecule has 0 heterocycles. The molecule has 6 heteroatoms. The summed E-state index contributed by atoms with van der Waals surface area (Å²) in [5, 5.41) is 11.3. The number of ether oxygens (including phenoxy) is 1. The molecule has 0 unspecified atom stereocenters. The molecule has 3 aromatic rings. The quantitative estimate of drug-likeness (QED) is 0.548. The van der Waals surface area contributed by atoms with Gasteiger partial charge < -0.3 is 9.84 Å². The molecular formula is C24H27NO4S. The molecule has 0 aliphatic rings. The lowest BCUT2D eigenvalue weighted by Gasteiger charge is -2.34. The van der Waals surface area contributed by atoms with E-state index in [1.165, 1.54) is 7.11 Å². The zero-order chi connectivity index (χ0) is 21.6. The molecule has 5 nitrogen and oxygen atoms in total. The van der Waals surface area contributed by atoms with E-state index in [2.05, 4.69) is 4.72 Å². The fourth-order valence-corrected chi connectivity index (χ4v) is 4.82. The summed E-state index contributed by atoms with van der Waals surface area (Å²) in [6.45, 7) is 1.54. The molecule has 0 aromatic heterocycles. The number of benzene rings is 3. The molecule has 0 amide bonds. The van der Waals surface area contributed by atoms with Crippen LogP contribution in [0.1, 0.15) is 29.5 Å². The third-order valence-corrected chi connectivity index (χ3v) is 6.33. The van der Waals surface area contributed by atoms with Gasteiger partial charge in [-0.2, -0.15) is 0 Å². The van der Waals surface area contributed by atoms with Crippen molar-refractivity contribution in [2.24, 2.45) is 0 Å². The standard InChI is InChI=1S/C24H27NO4S/c1-24(26,18-25-30(27,28)17-19-10-9-15-22(16-19)29-2)23(20-11-5-3-6-12-20)21-13-7-4-8-14-21/h3-16,23,25-26H,17-18H2,1-2H3/t24-/m1/s1. The number of hydrogen-bond acceptors (Lipinski definition) is 4. The smallest absolute Gasteiger partial charge is 0.215 e. The van der Waals surface area contributed by atoms with Crippen LogP contribution in [-0.4, -0.2) is 32.8 Å². The minimum atomic E-state index is -3.66. The van der Waals surface area contributed by atoms with Crippen LogP contribution >= 0.6 is 0 Å². The summed E-state index contributed by atoms with van der Waals surface area (Å²) in [5.41, 5.74) is 1.11. The Morgan fingerprint density at radius 1 is 0.933 bits per heavy atom. The van der Waals surface area contributed by atoms with Crippen LogP contribution in [0.2, 0.25) is 0 Å². The van der Waals surface area contributed by atoms with E-state index in [1.54, 1.807) is 31.2 Å². The molecule has 30 heavy (non-hydrogen) atoms. The number of rotatable bonds is 9. The third kappa shape index (κ3) is 5.69. The van der Waals surface area contributed by atoms with Crippen molar-refractivity contribution in [3.63, 3.8) is 0 Å². The monoisotopic (exact) mass is 425 g/mol. The highest BCUT2D eigenvalue weighted by Crippen LogP contribution is 2.34. The van der Waals surface area contributed by atoms with Crippen LogP contribution in [0.5, 0.6) is 5.75 Å². The van der Waals surface area contributed by atoms with Crippen molar-refractivity contribution in [3.8, 4) is 5.75 Å². The van der Waals surface area contributed by atoms with Crippen LogP contribution in [0.3, 0.4) is 0 Å². The largest absolute Gasteiger partial charge is 0.497 e. The maximum Gasteiger partial charge on any atom is 0.215 e. The maximum atomic E-state index is 12.7. The summed E-state index contributed by atoms with van der Waals surface area (Å²) in [6, 6.07) is 26.2. The van der Waals surface area contributed by atoms with Crippen LogP contribution in [0.4, 0.5) is 0 Å². The molecule has 1 atom stereocenters. The summed E-state index contributed by atoms with van der Waals surface area (Å²) in [7, 11) is -2.12. The van der Waals surface area contributed by atoms with Gasteiger partial charge in [0.05, 0.1) is 18.5 Å². The van der Waals surface area contributed by atoms with E-state index >= 15 is 0 Å². The Morgan fingerprint density at radius 3 is 2.03 bits per heavy atom. The Balaban J connectivity index is 1.80. The van der Waals surface area contributed by atoms with Crippen molar-refractivity contribution in [2.45, 2.75) is 24.2 Å². The number of methoxy groups -OCH3 is 1. The highest BCUT2D eigenvalue weighted by Gasteiger charge is 2.35. The summed E-state index contributed by atoms with van der Waals surface area (Å²) < 4.78 is 33.1. The topological polar surface area (TPSA) is 75.6 Å². The van der Waals surface area contributed by atoms with Gasteiger partial charge in [0.2, 0.25) is 10.0 Å². The van der Waals surface area contributed by atoms with Gasteiger partial charge in [-0.25, -0.2) is 13.1 Å². The van der Waals surface area contributed by atoms with E-state index in [4.69, 9.17) is 4.74 Å². The molecule has 0 aliphatic carbocycles. The average molecular weight is 426 g/mol. The molecule has 0 aliphatic heterocycles. The number of aliphatic hydroxyl groups is 1. The fraction of sp³-hybridized carbons (Fsp3) is 0.250. The Morgan fingerprint density at radius 2 is 1.50 bits per heavy atom. The highest BCUT2D eigenvalue weighted by atomic mass is 32.2. The van der Waals surface area contributed by atoms with Crippen LogP contribution in [0.15, 0.2) is 84.9 Å². The van der Waals surface area contributed by atoms with Crippen molar-refractivity contribution in [3.05, 3.63) is 102 Å². The first-order valence-electron chi connectivity index (χ1n) is 9.73. The van der Waals surface area contributed by atoms with Gasteiger partial charge in [-0.05, 0) is 35.7 Å². The Hall–Kier alpha value is -2.67. The minimum absolute atomic E-state index is 0.117. The zero-order valence-corrected chi connectivity index (χ0v) is 18.0. The lowest BCUT2D eigenvalue weighted by Crippen LogP contribution is -2.45. The Kier molecular flexibility index (Phi) is 6.92. The SMILES string of the molecule is COc1cccc(CS(=O)(=O)NC[C@@](C)(O)C(c2ccccc2)c2ccccc2)c1. The van der Waals surface area contributed by atoms with Crippen LogP contribution in [-0.2, 0) is 15.8 Å². The Bertz CT molecular complexity index is 1010. The first kappa shape index (κ1) is 22.0. The fourth-order valence-electron chi connectivity index (χ4n) is 3.59. The van der Waals surface area contributed by atoms with Crippen molar-refractivity contribution >= 4 is 10.0 Å². The third-order valence-electron chi connectivity index (χ3n) is 5.03. The van der Waals surface area contributed by atoms with Crippen molar-refractivity contribution < 1.29 is 18.3 Å². The van der Waals surface area contributed by atoms with Crippen LogP contribution in [0, 0.1) is 0 Å². The minimum Gasteiger partial charge on any atom is -0.497 e. The molecule has 0 fully saturated rings. The van der Waals surface area contributed by atoms with Gasteiger partial charge >= 0.3 is 0 Å². The van der Waals surface area contributed by atoms with Gasteiger partial charge in [0, 0.05) is 12.5 Å². The summed E-state index contributed by atoms with van der Waals surface area (Å²) in [5.74, 6) is 0.0177. The molecule has 0 radical (unpaired) electrons. The highest BCUT2D eigenvalue weighted by molar-refractivity contribution is 7.88. The van der Waals surface area contributed by atoms with Gasteiger partial charge in [0.25, 0.3) is 0 Å². The molecule has 2 N–H and O–H groups in total. The number of nitrogens with one attached hydrogen (secondary N) is 1. The van der Waals surface area contributed by atoms with Gasteiger partial charge in [0.1, 0.15) is 5.75 Å². The number of hydrogen-bond donors (Lipinski definition) is 2. The van der Waals surface area contributed by atoms with Crippen LogP contribution < -0.4 is 9.46 Å². The Labute approximate surface area is 178 Å². The molecule has 0 saturated carbocycles. The molecule has 0 bridgehead atoms. The van der Waals surface area contributed by atoms with Crippen molar-refractivity contribution in [2.75, 3.05) is 13.7 Å². The molecule has 158 valence electrons. The lowest BCUT2D eigenvalue weighted by atomic mass is 9.78. The zero-order valence-electron chi connectivity index (χ0n) is 17.2. The average Bonchev–Trinajstić information content (AvgIpc) is 2.74. The summed E-state index contributed by atoms with van der Waals surface area (Å²) in [6.07, 6.45) is 0. The van der Waals surface area contributed by atoms with E-state index in [0.29, 0.717) is 11.3 Å². The second-order valence-electron chi connectivity index (χ2n) is 7.54. The second-order valence-corrected chi connectivity index (χ2v) is 9.35. The second kappa shape index (κ2) is 9.43. The van der Waals surface area contributed by atoms with E-state index in [1.807, 2.05) is 60.7 Å². The molecule has 3 rings (SSSR count). The molecule has 0 spiro atoms. The van der Waals surface area contributed by atoms with E-state index < -0.39 is 15.6 Å². The van der Waals surface area contributed by atoms with Crippen molar-refractivity contribution in [1.29, 1.82) is 0 Å². The number of sulfonamides is 1. The van der Waals surface area contributed by atoms with E-state index in [-0.39, 0.29) is 18.2 Å². The van der Waals surface area contributed by atoms with Gasteiger partial charge in [-0.15, -0.1) is 0 Å². The molecule has 3 aromatic carbocycles. The van der Waals surface area contributed by atoms with Crippen LogP contribution in [0.25, 0.3) is 0 Å². The van der Waals surface area contributed by atoms with Gasteiger partial charge in [-0.1, -0.05) is 72.8 Å². The first-order valence-corrected chi connectivity index (χ1v) is 11.4.